The van der Waals surface area contributed by atoms with E-state index in [0.717, 1.165) is 17.7 Å². The van der Waals surface area contributed by atoms with Gasteiger partial charge in [0.25, 0.3) is 5.91 Å². The van der Waals surface area contributed by atoms with Gasteiger partial charge in [0.1, 0.15) is 28.2 Å². The number of hydrogen-bond donors (Lipinski definition) is 2. The third kappa shape index (κ3) is 5.05. The second kappa shape index (κ2) is 10.8. The lowest BCUT2D eigenvalue weighted by Crippen LogP contribution is -2.51. The van der Waals surface area contributed by atoms with E-state index in [-0.39, 0.29) is 17.2 Å². The van der Waals surface area contributed by atoms with E-state index in [1.807, 2.05) is 0 Å². The van der Waals surface area contributed by atoms with Gasteiger partial charge in [0, 0.05) is 56.5 Å². The minimum Gasteiger partial charge on any atom is -0.389 e. The van der Waals surface area contributed by atoms with Gasteiger partial charge in [-0.05, 0) is 35.4 Å². The summed E-state index contributed by atoms with van der Waals surface area (Å²) in [6.07, 6.45) is 2.53. The number of aliphatic hydroxyl groups excluding tert-OH is 1. The van der Waals surface area contributed by atoms with Crippen molar-refractivity contribution in [2.45, 2.75) is 16.9 Å². The summed E-state index contributed by atoms with van der Waals surface area (Å²) < 4.78 is 27.9. The smallest absolute Gasteiger partial charge is 0.269 e. The number of pyridine rings is 2. The summed E-state index contributed by atoms with van der Waals surface area (Å²) in [4.78, 5) is 26.7. The van der Waals surface area contributed by atoms with Crippen molar-refractivity contribution in [1.82, 2.24) is 15.3 Å². The Morgan fingerprint density at radius 1 is 1.33 bits per heavy atom. The van der Waals surface area contributed by atoms with Crippen LogP contribution in [-0.4, -0.2) is 60.5 Å². The van der Waals surface area contributed by atoms with Crippen LogP contribution in [0, 0.1) is 23.0 Å². The lowest BCUT2D eigenvalue weighted by atomic mass is 9.95. The number of rotatable bonds is 7. The number of aromatic nitrogens is 2. The van der Waals surface area contributed by atoms with E-state index in [0.29, 0.717) is 46.4 Å². The summed E-state index contributed by atoms with van der Waals surface area (Å²) >= 11 is 1.34. The Bertz CT molecular complexity index is 1390. The molecule has 11 heteroatoms. The standard InChI is InChI=1S/C25H22F2N6O2S/c1-29-10-18-22(15-3-4-19(26)20(27)8-15)17(9-28)23(33-11-16(34)12-33)32-25(18)36-13-14-5-6-31-21(7-14)24(35)30-2/h3-8,10,16,34H,11-13H2,1-2H3,(H,30,35). The molecule has 3 aromatic rings. The summed E-state index contributed by atoms with van der Waals surface area (Å²) in [6.45, 7) is 0.591. The van der Waals surface area contributed by atoms with Crippen LogP contribution in [0.4, 0.5) is 14.6 Å². The monoisotopic (exact) mass is 508 g/mol. The number of carbonyl (C=O) groups excluding carboxylic acids is 1. The topological polar surface area (TPSA) is 114 Å². The van der Waals surface area contributed by atoms with Gasteiger partial charge >= 0.3 is 0 Å². The maximum absolute atomic E-state index is 14.2. The summed E-state index contributed by atoms with van der Waals surface area (Å²) in [6, 6.07) is 9.07. The number of benzene rings is 1. The van der Waals surface area contributed by atoms with Crippen LogP contribution in [0.5, 0.6) is 0 Å². The number of anilines is 1. The average molecular weight is 509 g/mol. The minimum atomic E-state index is -1.04. The van der Waals surface area contributed by atoms with Gasteiger partial charge in [0.2, 0.25) is 0 Å². The van der Waals surface area contributed by atoms with Gasteiger partial charge in [-0.15, -0.1) is 11.8 Å². The summed E-state index contributed by atoms with van der Waals surface area (Å²) in [5.41, 5.74) is 2.42. The predicted octanol–water partition coefficient (Wildman–Crippen LogP) is 3.17. The first kappa shape index (κ1) is 25.2. The molecule has 2 aromatic heterocycles. The van der Waals surface area contributed by atoms with Crippen LogP contribution in [-0.2, 0) is 5.75 Å². The first-order chi connectivity index (χ1) is 17.4. The number of aliphatic imine (C=N–C) groups is 1. The molecule has 1 aliphatic heterocycles. The van der Waals surface area contributed by atoms with Crippen molar-refractivity contribution in [2.75, 3.05) is 32.1 Å². The molecule has 36 heavy (non-hydrogen) atoms. The Kier molecular flexibility index (Phi) is 7.57. The number of nitrogens with zero attached hydrogens (tertiary/aromatic N) is 5. The minimum absolute atomic E-state index is 0.179. The fourth-order valence-electron chi connectivity index (χ4n) is 3.81. The molecule has 0 bridgehead atoms. The Hall–Kier alpha value is -3.88. The molecular weight excluding hydrogens is 486 g/mol. The number of β-amino-alcohol motifs (C(OH)–C–C–N with tert-alkyl or cyclic N) is 1. The zero-order valence-corrected chi connectivity index (χ0v) is 20.3. The highest BCUT2D eigenvalue weighted by molar-refractivity contribution is 7.98. The van der Waals surface area contributed by atoms with Crippen molar-refractivity contribution in [3.8, 4) is 17.2 Å². The van der Waals surface area contributed by atoms with Crippen molar-refractivity contribution in [2.24, 2.45) is 4.99 Å². The molecule has 1 amide bonds. The highest BCUT2D eigenvalue weighted by Gasteiger charge is 2.31. The highest BCUT2D eigenvalue weighted by atomic mass is 32.2. The SMILES string of the molecule is CN=Cc1c(SCc2ccnc(C(=O)NC)c2)nc(N2CC(O)C2)c(C#N)c1-c1ccc(F)c(F)c1. The number of carbonyl (C=O) groups is 1. The van der Waals surface area contributed by atoms with E-state index in [2.05, 4.69) is 21.4 Å². The summed E-state index contributed by atoms with van der Waals surface area (Å²) in [5, 5.41) is 23.0. The number of nitrogens with one attached hydrogen (secondary N) is 1. The molecule has 1 aromatic carbocycles. The van der Waals surface area contributed by atoms with Crippen LogP contribution in [0.3, 0.4) is 0 Å². The molecule has 8 nitrogen and oxygen atoms in total. The Balaban J connectivity index is 1.85. The van der Waals surface area contributed by atoms with Gasteiger partial charge in [0.05, 0.1) is 6.10 Å². The van der Waals surface area contributed by atoms with Crippen LogP contribution in [0.15, 0.2) is 46.5 Å². The molecular formula is C25H22F2N6O2S. The van der Waals surface area contributed by atoms with E-state index < -0.39 is 17.7 Å². The molecule has 2 N–H and O–H groups in total. The van der Waals surface area contributed by atoms with Crippen molar-refractivity contribution in [3.63, 3.8) is 0 Å². The van der Waals surface area contributed by atoms with Crippen molar-refractivity contribution < 1.29 is 18.7 Å². The highest BCUT2D eigenvalue weighted by Crippen LogP contribution is 2.39. The van der Waals surface area contributed by atoms with Crippen LogP contribution in [0.25, 0.3) is 11.1 Å². The molecule has 1 fully saturated rings. The lowest BCUT2D eigenvalue weighted by molar-refractivity contribution is 0.0958. The van der Waals surface area contributed by atoms with Crippen LogP contribution in [0.1, 0.15) is 27.2 Å². The fraction of sp³-hybridized carbons (Fsp3) is 0.240. The molecule has 1 saturated heterocycles. The third-order valence-electron chi connectivity index (χ3n) is 5.58. The molecule has 0 saturated carbocycles. The van der Waals surface area contributed by atoms with Crippen molar-refractivity contribution in [3.05, 3.63) is 70.5 Å². The van der Waals surface area contributed by atoms with E-state index in [9.17, 15) is 23.9 Å². The van der Waals surface area contributed by atoms with Gasteiger partial charge in [-0.3, -0.25) is 14.8 Å². The molecule has 0 unspecified atom stereocenters. The van der Waals surface area contributed by atoms with E-state index in [1.54, 1.807) is 30.3 Å². The Morgan fingerprint density at radius 3 is 2.75 bits per heavy atom. The normalized spacial score (nSPS) is 13.5. The second-order valence-electron chi connectivity index (χ2n) is 8.01. The van der Waals surface area contributed by atoms with E-state index in [4.69, 9.17) is 4.98 Å². The molecule has 4 rings (SSSR count). The maximum Gasteiger partial charge on any atom is 0.269 e. The van der Waals surface area contributed by atoms with Gasteiger partial charge in [-0.2, -0.15) is 5.26 Å². The number of hydrogen-bond acceptors (Lipinski definition) is 8. The van der Waals surface area contributed by atoms with Gasteiger partial charge < -0.3 is 15.3 Å². The number of amides is 1. The summed E-state index contributed by atoms with van der Waals surface area (Å²) in [7, 11) is 3.09. The molecule has 3 heterocycles. The Labute approximate surface area is 210 Å². The first-order valence-electron chi connectivity index (χ1n) is 10.9. The number of aliphatic hydroxyl groups is 1. The Morgan fingerprint density at radius 2 is 2.11 bits per heavy atom. The van der Waals surface area contributed by atoms with Crippen LogP contribution < -0.4 is 10.2 Å². The van der Waals surface area contributed by atoms with Gasteiger partial charge in [0.15, 0.2) is 11.6 Å². The molecule has 0 radical (unpaired) electrons. The number of thioether (sulfide) groups is 1. The van der Waals surface area contributed by atoms with Crippen LogP contribution in [0.2, 0.25) is 0 Å². The molecule has 1 aliphatic rings. The summed E-state index contributed by atoms with van der Waals surface area (Å²) in [5.74, 6) is -1.59. The zero-order valence-electron chi connectivity index (χ0n) is 19.5. The maximum atomic E-state index is 14.2. The lowest BCUT2D eigenvalue weighted by Gasteiger charge is -2.38. The number of nitriles is 1. The molecule has 0 aliphatic carbocycles. The average Bonchev–Trinajstić information content (AvgIpc) is 2.87. The molecule has 184 valence electrons. The quantitative estimate of drug-likeness (QED) is 0.372. The van der Waals surface area contributed by atoms with Crippen molar-refractivity contribution in [1.29, 1.82) is 5.26 Å². The van der Waals surface area contributed by atoms with E-state index >= 15 is 0 Å². The largest absolute Gasteiger partial charge is 0.389 e. The van der Waals surface area contributed by atoms with Gasteiger partial charge in [-0.25, -0.2) is 13.8 Å². The molecule has 0 spiro atoms. The van der Waals surface area contributed by atoms with E-state index in [1.165, 1.54) is 31.1 Å². The first-order valence-corrected chi connectivity index (χ1v) is 11.9. The number of halogens is 2. The third-order valence-corrected chi connectivity index (χ3v) is 6.64. The fourth-order valence-corrected chi connectivity index (χ4v) is 4.75. The second-order valence-corrected chi connectivity index (χ2v) is 8.97. The predicted molar refractivity (Wildman–Crippen MR) is 133 cm³/mol. The molecule has 0 atom stereocenters. The zero-order chi connectivity index (χ0) is 25.8. The van der Waals surface area contributed by atoms with Crippen LogP contribution >= 0.6 is 11.8 Å². The van der Waals surface area contributed by atoms with Crippen molar-refractivity contribution >= 4 is 29.7 Å². The van der Waals surface area contributed by atoms with Gasteiger partial charge in [-0.1, -0.05) is 6.07 Å².